The lowest BCUT2D eigenvalue weighted by atomic mass is 9.34. The van der Waals surface area contributed by atoms with E-state index < -0.39 is 31.7 Å². The van der Waals surface area contributed by atoms with Gasteiger partial charge in [0, 0.05) is 48.0 Å². The second-order valence-electron chi connectivity index (χ2n) is 43.7. The fourth-order valence-electron chi connectivity index (χ4n) is 27.0. The summed E-state index contributed by atoms with van der Waals surface area (Å²) in [6.45, 7) is 53.1. The molecule has 4 bridgehead atoms. The summed E-state index contributed by atoms with van der Waals surface area (Å²) in [6.07, 6.45) is 15.6. The third kappa shape index (κ3) is 15.3. The molecule has 664 valence electrons. The molecule has 3 saturated heterocycles. The number of fused-ring (bicyclic) bond motifs is 6. The highest BCUT2D eigenvalue weighted by Crippen LogP contribution is 2.78. The van der Waals surface area contributed by atoms with E-state index >= 15 is 0 Å². The van der Waals surface area contributed by atoms with Crippen molar-refractivity contribution in [1.82, 2.24) is 9.03 Å². The van der Waals surface area contributed by atoms with Crippen LogP contribution in [0.15, 0.2) is 142 Å². The zero-order valence-electron chi connectivity index (χ0n) is 77.4. The van der Waals surface area contributed by atoms with Crippen LogP contribution in [0.5, 0.6) is 0 Å². The first-order valence-electron chi connectivity index (χ1n) is 45.7. The Morgan fingerprint density at radius 1 is 0.542 bits per heavy atom. The van der Waals surface area contributed by atoms with Crippen LogP contribution in [0.4, 0.5) is 0 Å². The zero-order valence-corrected chi connectivity index (χ0v) is 79.1. The number of carbonyl (C=O) groups excluding carboxylic acids is 2. The number of esters is 2. The van der Waals surface area contributed by atoms with E-state index in [1.54, 1.807) is 48.4 Å². The molecule has 4 aromatic rings. The van der Waals surface area contributed by atoms with Crippen LogP contribution in [-0.4, -0.2) is 127 Å². The van der Waals surface area contributed by atoms with Gasteiger partial charge in [-0.2, -0.15) is 4.31 Å². The molecule has 0 radical (unpaired) electrons. The van der Waals surface area contributed by atoms with Gasteiger partial charge in [-0.15, -0.1) is 0 Å². The highest BCUT2D eigenvalue weighted by Gasteiger charge is 2.75. The summed E-state index contributed by atoms with van der Waals surface area (Å²) in [5.74, 6) is 2.78. The first kappa shape index (κ1) is 92.5. The van der Waals surface area contributed by atoms with E-state index in [0.29, 0.717) is 97.7 Å². The Labute approximate surface area is 722 Å². The number of nitrogens with zero attached hydrogens (tertiary/aromatic N) is 1. The molecule has 3 aliphatic heterocycles. The van der Waals surface area contributed by atoms with E-state index in [2.05, 4.69) is 128 Å². The molecule has 16 nitrogen and oxygen atoms in total. The largest absolute Gasteiger partial charge is 0.461 e. The molecule has 0 spiro atoms. The second kappa shape index (κ2) is 33.6. The van der Waals surface area contributed by atoms with Crippen molar-refractivity contribution in [2.45, 2.75) is 288 Å². The Morgan fingerprint density at radius 3 is 1.37 bits per heavy atom. The lowest BCUT2D eigenvalue weighted by Gasteiger charge is -2.71. The topological polar surface area (TPSA) is 202 Å². The zero-order chi connectivity index (χ0) is 87.5. The number of allylic oxidation sites excluding steroid dienone is 2. The summed E-state index contributed by atoms with van der Waals surface area (Å²) in [4.78, 5) is 30.0. The summed E-state index contributed by atoms with van der Waals surface area (Å²) in [6, 6.07) is 34.2. The number of hydrogen-bond donors (Lipinski definition) is 2. The molecule has 11 aliphatic rings. The molecule has 4 aromatic carbocycles. The Kier molecular flexibility index (Phi) is 25.9. The number of nitrogens with one attached hydrogen (secondary N) is 1. The van der Waals surface area contributed by atoms with Gasteiger partial charge in [0.2, 0.25) is 20.0 Å². The minimum absolute atomic E-state index is 0.0233. The van der Waals surface area contributed by atoms with Crippen LogP contribution in [0.25, 0.3) is 0 Å². The van der Waals surface area contributed by atoms with Gasteiger partial charge in [0.25, 0.3) is 0 Å². The van der Waals surface area contributed by atoms with Gasteiger partial charge < -0.3 is 38.3 Å². The van der Waals surface area contributed by atoms with Crippen LogP contribution in [-0.2, 0) is 76.0 Å². The number of rotatable bonds is 22. The van der Waals surface area contributed by atoms with Crippen molar-refractivity contribution >= 4 is 32.0 Å². The molecule has 15 rings (SSSR count). The highest BCUT2D eigenvalue weighted by molar-refractivity contribution is 7.89. The molecule has 9 fully saturated rings. The van der Waals surface area contributed by atoms with Gasteiger partial charge >= 0.3 is 11.9 Å². The maximum Gasteiger partial charge on any atom is 0.310 e. The second-order valence-corrected chi connectivity index (χ2v) is 47.2. The smallest absolute Gasteiger partial charge is 0.310 e. The van der Waals surface area contributed by atoms with E-state index in [-0.39, 0.29) is 126 Å². The van der Waals surface area contributed by atoms with Crippen LogP contribution in [0.2, 0.25) is 0 Å². The Balaban J connectivity index is 0.000000179. The minimum atomic E-state index is -3.80. The Bertz CT molecular complexity index is 4630. The van der Waals surface area contributed by atoms with Crippen molar-refractivity contribution in [3.05, 3.63) is 155 Å². The number of aliphatic hydroxyl groups is 1. The lowest BCUT2D eigenvalue weighted by Crippen LogP contribution is -2.70. The summed E-state index contributed by atoms with van der Waals surface area (Å²) >= 11 is 0. The molecule has 1 unspecified atom stereocenters. The van der Waals surface area contributed by atoms with E-state index in [4.69, 9.17) is 33.2 Å². The maximum absolute atomic E-state index is 14.8. The molecule has 25 atom stereocenters. The maximum atomic E-state index is 14.8. The van der Waals surface area contributed by atoms with E-state index in [1.165, 1.54) is 5.57 Å². The van der Waals surface area contributed by atoms with Gasteiger partial charge in [0.15, 0.2) is 0 Å². The van der Waals surface area contributed by atoms with Crippen molar-refractivity contribution < 1.29 is 64.7 Å². The fraction of sp³-hybridized carbons (Fsp3) is 0.706. The summed E-state index contributed by atoms with van der Waals surface area (Å²) < 4.78 is 102. The minimum Gasteiger partial charge on any atom is -0.461 e. The predicted octanol–water partition coefficient (Wildman–Crippen LogP) is 20.4. The molecule has 6 saturated carbocycles. The van der Waals surface area contributed by atoms with E-state index in [1.807, 2.05) is 126 Å². The van der Waals surface area contributed by atoms with Crippen LogP contribution in [0.3, 0.4) is 0 Å². The fourth-order valence-corrected chi connectivity index (χ4v) is 30.5. The number of aliphatic hydroxyl groups excluding tert-OH is 1. The van der Waals surface area contributed by atoms with Crippen LogP contribution < -0.4 is 4.72 Å². The average molecular weight is 1690 g/mol. The van der Waals surface area contributed by atoms with E-state index in [0.717, 1.165) is 99.3 Å². The molecule has 0 aromatic heterocycles. The number of ether oxygens (including phenoxy) is 7. The summed E-state index contributed by atoms with van der Waals surface area (Å²) in [5, 5.41) is 11.5. The molecule has 120 heavy (non-hydrogen) atoms. The third-order valence-electron chi connectivity index (χ3n) is 36.5. The van der Waals surface area contributed by atoms with Gasteiger partial charge in [0.05, 0.1) is 84.6 Å². The van der Waals surface area contributed by atoms with Crippen LogP contribution in [0, 0.1) is 139 Å². The van der Waals surface area contributed by atoms with Crippen LogP contribution in [0.1, 0.15) is 238 Å². The van der Waals surface area contributed by atoms with Gasteiger partial charge in [-0.3, -0.25) is 9.59 Å². The first-order valence-corrected chi connectivity index (χ1v) is 48.6. The molecular formula is C102H150N2O14S2. The average Bonchev–Trinajstić information content (AvgIpc) is 1.00. The molecule has 18 heteroatoms. The third-order valence-corrected chi connectivity index (χ3v) is 40.2. The monoisotopic (exact) mass is 1690 g/mol. The van der Waals surface area contributed by atoms with Gasteiger partial charge in [-0.25, -0.2) is 21.6 Å². The highest BCUT2D eigenvalue weighted by atomic mass is 32.2. The number of hydrogen-bond acceptors (Lipinski definition) is 14. The van der Waals surface area contributed by atoms with Gasteiger partial charge in [0.1, 0.15) is 13.2 Å². The predicted molar refractivity (Wildman–Crippen MR) is 475 cm³/mol. The quantitative estimate of drug-likeness (QED) is 0.0427. The molecule has 2 N–H and O–H groups in total. The first-order chi connectivity index (χ1) is 56.2. The summed E-state index contributed by atoms with van der Waals surface area (Å²) in [5.41, 5.74) is 4.03. The lowest BCUT2D eigenvalue weighted by molar-refractivity contribution is -0.270. The number of methoxy groups -OCH3 is 2. The molecule has 8 aliphatic carbocycles. The van der Waals surface area contributed by atoms with Gasteiger partial charge in [-0.1, -0.05) is 244 Å². The Morgan fingerprint density at radius 2 is 0.958 bits per heavy atom. The molecule has 3 heterocycles. The van der Waals surface area contributed by atoms with Crippen molar-refractivity contribution in [3.63, 3.8) is 0 Å². The standard InChI is InChI=1S/C51H75NO7S.C38H56O5.C13H19NO2S/c1-33(2)36(6)46(7)26-27-48(9)39-22-23-42-47(8)30-57-32-51(42,40(39)24-25-49(48,10)43(46)45(53)58-29-37-16-14-13-15-17-37)28-41(56-12)44(47)59-31-50(11,34(3)4)52-60(54,55)38-20-18-35(5)19-21-38;1-24(2)25(3)34(4)18-19-36(6)27-14-15-30-35(5)22-42-23-38(30,20-29(41-8)32(35)39)28(27)16-17-37(36,7)31(34)33(40)43-21-26-12-10-9-11-13-26;1-10(2)13(4)9-14(13)17(15,16)12-7-5-11(3)6-8-12/h13-21,24,33-34,36,39,41-44,52H,22-23,25-32H2,1-12H3;9-13,16,24-25,27,29-32,39H,14-15,17-23H2,1-8H3;5-8,10H,9H2,1-4H3/t36-,39+,41-,42+,43-,44+,46-,47-,48-,49+,50-,51+;25-,27+,29-,30+,31-,32+,34-,35-,36-,37+,38+;13-,14?/m111/s1. The number of carbonyl (C=O) groups is 2. The number of sulfonamides is 2. The normalized spacial score (nSPS) is 39.5. The Hall–Kier alpha value is -5.12. The molecule has 0 amide bonds. The van der Waals surface area contributed by atoms with Crippen molar-refractivity contribution in [1.29, 1.82) is 0 Å². The molecular weight excluding hydrogens is 1540 g/mol. The van der Waals surface area contributed by atoms with E-state index in [9.17, 15) is 31.5 Å². The van der Waals surface area contributed by atoms with Crippen molar-refractivity contribution in [2.24, 2.45) is 125 Å². The van der Waals surface area contributed by atoms with Crippen LogP contribution >= 0.6 is 0 Å². The number of benzene rings is 4. The summed E-state index contributed by atoms with van der Waals surface area (Å²) in [7, 11) is -3.55. The van der Waals surface area contributed by atoms with Gasteiger partial charge in [-0.05, 0) is 232 Å². The van der Waals surface area contributed by atoms with Crippen molar-refractivity contribution in [3.8, 4) is 0 Å². The SMILES string of the molecule is CO[C@@H]1C[C@@]23COC[C@](C)([C@@H]2CC[C@H]2C3=CC[C@@]3(C)[C@H](C(=O)OCc4ccccc4)[C@@](C)([C@H](C)C(C)C)CC[C@]23C)[C@H]1O.CO[C@@H]1C[C@@]23COC[C@](C)([C@@H]2CC[C@H]2C3=CC[C@@]3(C)[C@H](C(=O)OCc4ccccc4)[C@@](C)([C@H](C)C(C)C)CC[C@]23C)[C@H]1OC[C@@](C)(NS(=O)(=O)c1ccc(C)cc1)C(C)C.Cc1ccc(S(=O)(=O)N2C[C@]2(C)C(C)C)cc1. The van der Waals surface area contributed by atoms with Crippen molar-refractivity contribution in [2.75, 3.05) is 53.8 Å². The number of aryl methyl sites for hydroxylation is 2.